The van der Waals surface area contributed by atoms with Crippen molar-refractivity contribution in [3.8, 4) is 0 Å². The number of benzene rings is 1. The number of aryl methyl sites for hydroxylation is 1. The van der Waals surface area contributed by atoms with Gasteiger partial charge in [0.15, 0.2) is 0 Å². The molecule has 0 heterocycles. The molecule has 70 valence electrons. The fourth-order valence-electron chi connectivity index (χ4n) is 1.20. The summed E-state index contributed by atoms with van der Waals surface area (Å²) in [5, 5.41) is 5.84. The first-order valence-corrected chi connectivity index (χ1v) is 4.32. The van der Waals surface area contributed by atoms with Crippen molar-refractivity contribution in [3.63, 3.8) is 0 Å². The Morgan fingerprint density at radius 3 is 2.77 bits per heavy atom. The molecule has 0 unspecified atom stereocenters. The lowest BCUT2D eigenvalue weighted by atomic mass is 10.2. The van der Waals surface area contributed by atoms with Crippen molar-refractivity contribution >= 4 is 17.8 Å². The average molecular weight is 178 g/mol. The van der Waals surface area contributed by atoms with Crippen LogP contribution in [0.25, 0.3) is 0 Å². The van der Waals surface area contributed by atoms with Crippen molar-refractivity contribution in [2.75, 3.05) is 17.2 Å². The molecule has 0 aromatic heterocycles. The molecular weight excluding hydrogens is 164 g/mol. The van der Waals surface area contributed by atoms with Gasteiger partial charge >= 0.3 is 0 Å². The molecule has 0 saturated heterocycles. The van der Waals surface area contributed by atoms with Crippen LogP contribution in [0, 0.1) is 6.92 Å². The average Bonchev–Trinajstić information content (AvgIpc) is 2.10. The number of rotatable bonds is 4. The molecule has 0 saturated carbocycles. The highest BCUT2D eigenvalue weighted by molar-refractivity contribution is 5.74. The van der Waals surface area contributed by atoms with Gasteiger partial charge in [-0.2, -0.15) is 0 Å². The second kappa shape index (κ2) is 4.50. The standard InChI is InChI=1S/C10H14N2O/c1-3-11-9-4-5-10(12-7-13)8(2)6-9/h4-7,11H,3H2,1-2H3,(H,12,13). The fourth-order valence-corrected chi connectivity index (χ4v) is 1.20. The summed E-state index contributed by atoms with van der Waals surface area (Å²) in [6, 6.07) is 5.85. The van der Waals surface area contributed by atoms with Crippen LogP contribution in [0.15, 0.2) is 18.2 Å². The Balaban J connectivity index is 2.84. The van der Waals surface area contributed by atoms with Crippen molar-refractivity contribution in [1.29, 1.82) is 0 Å². The maximum absolute atomic E-state index is 10.2. The van der Waals surface area contributed by atoms with E-state index in [0.717, 1.165) is 23.5 Å². The number of hydrogen-bond acceptors (Lipinski definition) is 2. The zero-order valence-corrected chi connectivity index (χ0v) is 7.92. The van der Waals surface area contributed by atoms with E-state index in [1.54, 1.807) is 0 Å². The molecule has 0 aliphatic heterocycles. The van der Waals surface area contributed by atoms with Gasteiger partial charge in [0.05, 0.1) is 0 Å². The normalized spacial score (nSPS) is 9.38. The lowest BCUT2D eigenvalue weighted by Crippen LogP contribution is -1.99. The van der Waals surface area contributed by atoms with E-state index >= 15 is 0 Å². The lowest BCUT2D eigenvalue weighted by Gasteiger charge is -2.07. The summed E-state index contributed by atoms with van der Waals surface area (Å²) in [5.74, 6) is 0. The summed E-state index contributed by atoms with van der Waals surface area (Å²) in [6.07, 6.45) is 0.690. The Morgan fingerprint density at radius 2 is 2.23 bits per heavy atom. The molecule has 13 heavy (non-hydrogen) atoms. The van der Waals surface area contributed by atoms with Crippen molar-refractivity contribution in [3.05, 3.63) is 23.8 Å². The molecule has 2 N–H and O–H groups in total. The second-order valence-electron chi connectivity index (χ2n) is 2.82. The van der Waals surface area contributed by atoms with E-state index in [-0.39, 0.29) is 0 Å². The Bertz CT molecular complexity index is 297. The van der Waals surface area contributed by atoms with Crippen LogP contribution in [0.3, 0.4) is 0 Å². The number of hydrogen-bond donors (Lipinski definition) is 2. The topological polar surface area (TPSA) is 41.1 Å². The molecule has 1 amide bonds. The molecule has 0 radical (unpaired) electrons. The molecule has 0 aliphatic carbocycles. The molecule has 3 nitrogen and oxygen atoms in total. The van der Waals surface area contributed by atoms with Crippen LogP contribution in [0.1, 0.15) is 12.5 Å². The number of carbonyl (C=O) groups is 1. The van der Waals surface area contributed by atoms with Crippen molar-refractivity contribution in [2.45, 2.75) is 13.8 Å². The molecule has 0 bridgehead atoms. The first kappa shape index (κ1) is 9.58. The summed E-state index contributed by atoms with van der Waals surface area (Å²) in [5.41, 5.74) is 3.00. The van der Waals surface area contributed by atoms with E-state index in [2.05, 4.69) is 10.6 Å². The molecule has 0 fully saturated rings. The quantitative estimate of drug-likeness (QED) is 0.692. The highest BCUT2D eigenvalue weighted by Gasteiger charge is 1.97. The van der Waals surface area contributed by atoms with Crippen LogP contribution in [0.5, 0.6) is 0 Å². The Kier molecular flexibility index (Phi) is 3.31. The van der Waals surface area contributed by atoms with Gasteiger partial charge in [-0.25, -0.2) is 0 Å². The van der Waals surface area contributed by atoms with Crippen LogP contribution in [0.4, 0.5) is 11.4 Å². The highest BCUT2D eigenvalue weighted by atomic mass is 16.1. The first-order valence-electron chi connectivity index (χ1n) is 4.32. The molecule has 1 aromatic carbocycles. The van der Waals surface area contributed by atoms with Gasteiger partial charge < -0.3 is 10.6 Å². The summed E-state index contributed by atoms with van der Waals surface area (Å²) in [4.78, 5) is 10.2. The van der Waals surface area contributed by atoms with Crippen molar-refractivity contribution < 1.29 is 4.79 Å². The molecule has 0 aliphatic rings. The third-order valence-electron chi connectivity index (χ3n) is 1.82. The smallest absolute Gasteiger partial charge is 0.211 e. The second-order valence-corrected chi connectivity index (χ2v) is 2.82. The number of amides is 1. The lowest BCUT2D eigenvalue weighted by molar-refractivity contribution is -0.105. The Hall–Kier alpha value is -1.51. The predicted octanol–water partition coefficient (Wildman–Crippen LogP) is 2.00. The van der Waals surface area contributed by atoms with E-state index in [4.69, 9.17) is 0 Å². The van der Waals surface area contributed by atoms with Gasteiger partial charge in [-0.15, -0.1) is 0 Å². The van der Waals surface area contributed by atoms with Crippen LogP contribution in [0.2, 0.25) is 0 Å². The van der Waals surface area contributed by atoms with Gasteiger partial charge in [-0.1, -0.05) is 0 Å². The van der Waals surface area contributed by atoms with Crippen LogP contribution >= 0.6 is 0 Å². The largest absolute Gasteiger partial charge is 0.385 e. The SMILES string of the molecule is CCNc1ccc(NC=O)c(C)c1. The molecular formula is C10H14N2O. The molecule has 3 heteroatoms. The van der Waals surface area contributed by atoms with Gasteiger partial charge in [0.25, 0.3) is 0 Å². The third-order valence-corrected chi connectivity index (χ3v) is 1.82. The Morgan fingerprint density at radius 1 is 1.46 bits per heavy atom. The summed E-state index contributed by atoms with van der Waals surface area (Å²) in [7, 11) is 0. The number of carbonyl (C=O) groups excluding carboxylic acids is 1. The Labute approximate surface area is 78.2 Å². The van der Waals surface area contributed by atoms with Gasteiger partial charge in [0.2, 0.25) is 6.41 Å². The monoisotopic (exact) mass is 178 g/mol. The predicted molar refractivity (Wildman–Crippen MR) is 55.0 cm³/mol. The summed E-state index contributed by atoms with van der Waals surface area (Å²) >= 11 is 0. The maximum Gasteiger partial charge on any atom is 0.211 e. The summed E-state index contributed by atoms with van der Waals surface area (Å²) in [6.45, 7) is 4.92. The van der Waals surface area contributed by atoms with Crippen LogP contribution in [-0.2, 0) is 4.79 Å². The minimum atomic E-state index is 0.690. The molecule has 0 atom stereocenters. The van der Waals surface area contributed by atoms with Crippen LogP contribution < -0.4 is 10.6 Å². The van der Waals surface area contributed by atoms with E-state index in [9.17, 15) is 4.79 Å². The number of nitrogens with one attached hydrogen (secondary N) is 2. The van der Waals surface area contributed by atoms with Gasteiger partial charge in [0.1, 0.15) is 0 Å². The van der Waals surface area contributed by atoms with E-state index in [1.807, 2.05) is 32.0 Å². The summed E-state index contributed by atoms with van der Waals surface area (Å²) < 4.78 is 0. The van der Waals surface area contributed by atoms with Gasteiger partial charge in [-0.3, -0.25) is 4.79 Å². The van der Waals surface area contributed by atoms with E-state index in [1.165, 1.54) is 0 Å². The molecule has 0 spiro atoms. The highest BCUT2D eigenvalue weighted by Crippen LogP contribution is 2.18. The maximum atomic E-state index is 10.2. The minimum absolute atomic E-state index is 0.690. The van der Waals surface area contributed by atoms with Gasteiger partial charge in [-0.05, 0) is 37.6 Å². The number of anilines is 2. The zero-order valence-electron chi connectivity index (χ0n) is 7.92. The third kappa shape index (κ3) is 2.47. The first-order chi connectivity index (χ1) is 6.27. The van der Waals surface area contributed by atoms with E-state index < -0.39 is 0 Å². The fraction of sp³-hybridized carbons (Fsp3) is 0.300. The van der Waals surface area contributed by atoms with Crippen LogP contribution in [-0.4, -0.2) is 13.0 Å². The zero-order chi connectivity index (χ0) is 9.68. The molecule has 1 rings (SSSR count). The van der Waals surface area contributed by atoms with Crippen molar-refractivity contribution in [1.82, 2.24) is 0 Å². The minimum Gasteiger partial charge on any atom is -0.385 e. The van der Waals surface area contributed by atoms with E-state index in [0.29, 0.717) is 6.41 Å². The van der Waals surface area contributed by atoms with Gasteiger partial charge in [0, 0.05) is 17.9 Å². The van der Waals surface area contributed by atoms with Crippen molar-refractivity contribution in [2.24, 2.45) is 0 Å². The molecule has 1 aromatic rings.